The zero-order valence-electron chi connectivity index (χ0n) is 11.0. The highest BCUT2D eigenvalue weighted by molar-refractivity contribution is 7.92. The van der Waals surface area contributed by atoms with Crippen molar-refractivity contribution in [2.45, 2.75) is 34.1 Å². The van der Waals surface area contributed by atoms with Gasteiger partial charge in [-0.2, -0.15) is 0 Å². The van der Waals surface area contributed by atoms with Crippen LogP contribution >= 0.6 is 0 Å². The highest BCUT2D eigenvalue weighted by atomic mass is 32.2. The molecule has 1 aliphatic heterocycles. The van der Waals surface area contributed by atoms with Crippen LogP contribution in [0.1, 0.15) is 31.9 Å². The standard InChI is InChI=1S/C11H15NO2S.C2H6/c1-3-15(13,14)12-7-6-10-5-4-9(2)8-11(10)12;1-2/h4-5,8H,3,6-7H2,1-2H3;1-2H3. The first-order chi connectivity index (χ1) is 8.04. The Hall–Kier alpha value is -1.03. The van der Waals surface area contributed by atoms with E-state index in [2.05, 4.69) is 0 Å². The van der Waals surface area contributed by atoms with E-state index in [1.54, 1.807) is 6.92 Å². The first kappa shape index (κ1) is 14.0. The molecule has 0 atom stereocenters. The summed E-state index contributed by atoms with van der Waals surface area (Å²) >= 11 is 0. The summed E-state index contributed by atoms with van der Waals surface area (Å²) in [5, 5.41) is 0. The second-order valence-corrected chi connectivity index (χ2v) is 6.04. The van der Waals surface area contributed by atoms with Gasteiger partial charge in [0.15, 0.2) is 0 Å². The van der Waals surface area contributed by atoms with Crippen molar-refractivity contribution in [1.82, 2.24) is 0 Å². The number of rotatable bonds is 2. The Bertz CT molecular complexity index is 480. The predicted molar refractivity (Wildman–Crippen MR) is 73.0 cm³/mol. The molecule has 0 N–H and O–H groups in total. The van der Waals surface area contributed by atoms with Gasteiger partial charge in [-0.3, -0.25) is 4.31 Å². The van der Waals surface area contributed by atoms with Crippen LogP contribution in [0.2, 0.25) is 0 Å². The Morgan fingerprint density at radius 1 is 1.29 bits per heavy atom. The highest BCUT2D eigenvalue weighted by Crippen LogP contribution is 2.31. The smallest absolute Gasteiger partial charge is 0.234 e. The van der Waals surface area contributed by atoms with E-state index in [0.29, 0.717) is 6.54 Å². The third kappa shape index (κ3) is 2.80. The van der Waals surface area contributed by atoms with Crippen LogP contribution in [0.25, 0.3) is 0 Å². The molecule has 0 aromatic heterocycles. The Morgan fingerprint density at radius 3 is 2.53 bits per heavy atom. The van der Waals surface area contributed by atoms with Gasteiger partial charge in [0, 0.05) is 6.54 Å². The molecule has 1 aromatic carbocycles. The number of nitrogens with zero attached hydrogens (tertiary/aromatic N) is 1. The van der Waals surface area contributed by atoms with Gasteiger partial charge in [0.1, 0.15) is 0 Å². The summed E-state index contributed by atoms with van der Waals surface area (Å²) in [6.45, 7) is 8.26. The zero-order valence-corrected chi connectivity index (χ0v) is 11.8. The monoisotopic (exact) mass is 255 g/mol. The van der Waals surface area contributed by atoms with E-state index in [4.69, 9.17) is 0 Å². The van der Waals surface area contributed by atoms with Gasteiger partial charge in [-0.1, -0.05) is 26.0 Å². The molecular weight excluding hydrogens is 234 g/mol. The summed E-state index contributed by atoms with van der Waals surface area (Å²) in [5.41, 5.74) is 3.11. The maximum atomic E-state index is 11.8. The Labute approximate surface area is 105 Å². The van der Waals surface area contributed by atoms with E-state index in [1.807, 2.05) is 39.0 Å². The van der Waals surface area contributed by atoms with Gasteiger partial charge in [-0.15, -0.1) is 0 Å². The molecule has 0 amide bonds. The van der Waals surface area contributed by atoms with E-state index < -0.39 is 10.0 Å². The number of hydrogen-bond acceptors (Lipinski definition) is 2. The topological polar surface area (TPSA) is 37.4 Å². The van der Waals surface area contributed by atoms with Crippen LogP contribution in [0.4, 0.5) is 5.69 Å². The Morgan fingerprint density at radius 2 is 1.94 bits per heavy atom. The maximum Gasteiger partial charge on any atom is 0.234 e. The van der Waals surface area contributed by atoms with Gasteiger partial charge >= 0.3 is 0 Å². The van der Waals surface area contributed by atoms with Gasteiger partial charge in [-0.05, 0) is 37.5 Å². The number of hydrogen-bond donors (Lipinski definition) is 0. The second kappa shape index (κ2) is 5.54. The Kier molecular flexibility index (Phi) is 4.57. The molecule has 17 heavy (non-hydrogen) atoms. The minimum absolute atomic E-state index is 0.167. The van der Waals surface area contributed by atoms with Crippen LogP contribution in [0, 0.1) is 6.92 Å². The van der Waals surface area contributed by atoms with Gasteiger partial charge in [-0.25, -0.2) is 8.42 Å². The molecular formula is C13H21NO2S. The number of fused-ring (bicyclic) bond motifs is 1. The average molecular weight is 255 g/mol. The quantitative estimate of drug-likeness (QED) is 0.815. The number of anilines is 1. The lowest BCUT2D eigenvalue weighted by atomic mass is 10.1. The largest absolute Gasteiger partial charge is 0.270 e. The first-order valence-corrected chi connectivity index (χ1v) is 7.75. The zero-order chi connectivity index (χ0) is 13.1. The number of sulfonamides is 1. The van der Waals surface area contributed by atoms with Gasteiger partial charge < -0.3 is 0 Å². The van der Waals surface area contributed by atoms with Crippen LogP contribution in [-0.2, 0) is 16.4 Å². The highest BCUT2D eigenvalue weighted by Gasteiger charge is 2.27. The summed E-state index contributed by atoms with van der Waals surface area (Å²) in [7, 11) is -3.09. The van der Waals surface area contributed by atoms with Gasteiger partial charge in [0.2, 0.25) is 10.0 Å². The number of aryl methyl sites for hydroxylation is 1. The van der Waals surface area contributed by atoms with E-state index in [-0.39, 0.29) is 5.75 Å². The van der Waals surface area contributed by atoms with E-state index >= 15 is 0 Å². The van der Waals surface area contributed by atoms with Crippen molar-refractivity contribution in [3.8, 4) is 0 Å². The SMILES string of the molecule is CC.CCS(=O)(=O)N1CCc2ccc(C)cc21. The molecule has 0 radical (unpaired) electrons. The lowest BCUT2D eigenvalue weighted by Gasteiger charge is -2.18. The first-order valence-electron chi connectivity index (χ1n) is 6.14. The molecule has 0 bridgehead atoms. The normalized spacial score (nSPS) is 14.0. The molecule has 0 unspecified atom stereocenters. The Balaban J connectivity index is 0.000000686. The summed E-state index contributed by atoms with van der Waals surface area (Å²) in [5.74, 6) is 0.167. The lowest BCUT2D eigenvalue weighted by Crippen LogP contribution is -2.30. The average Bonchev–Trinajstić information content (AvgIpc) is 2.75. The molecule has 2 rings (SSSR count). The fourth-order valence-electron chi connectivity index (χ4n) is 1.90. The molecule has 1 aliphatic rings. The molecule has 3 nitrogen and oxygen atoms in total. The third-order valence-corrected chi connectivity index (χ3v) is 4.57. The van der Waals surface area contributed by atoms with Crippen molar-refractivity contribution >= 4 is 15.7 Å². The molecule has 96 valence electrons. The van der Waals surface area contributed by atoms with Crippen LogP contribution in [-0.4, -0.2) is 20.7 Å². The maximum absolute atomic E-state index is 11.8. The molecule has 4 heteroatoms. The van der Waals surface area contributed by atoms with Crippen LogP contribution < -0.4 is 4.31 Å². The van der Waals surface area contributed by atoms with Crippen molar-refractivity contribution in [3.63, 3.8) is 0 Å². The summed E-state index contributed by atoms with van der Waals surface area (Å²) in [6.07, 6.45) is 0.828. The fraction of sp³-hybridized carbons (Fsp3) is 0.538. The molecule has 0 spiro atoms. The van der Waals surface area contributed by atoms with Crippen molar-refractivity contribution < 1.29 is 8.42 Å². The van der Waals surface area contributed by atoms with Gasteiger partial charge in [0.25, 0.3) is 0 Å². The number of benzene rings is 1. The van der Waals surface area contributed by atoms with Crippen molar-refractivity contribution in [2.24, 2.45) is 0 Å². The van der Waals surface area contributed by atoms with E-state index in [9.17, 15) is 8.42 Å². The predicted octanol–water partition coefficient (Wildman–Crippen LogP) is 2.73. The summed E-state index contributed by atoms with van der Waals surface area (Å²) in [6, 6.07) is 6.01. The molecule has 1 heterocycles. The molecule has 0 aliphatic carbocycles. The van der Waals surface area contributed by atoms with Crippen LogP contribution in [0.3, 0.4) is 0 Å². The molecule has 0 saturated carbocycles. The second-order valence-electron chi connectivity index (χ2n) is 3.85. The van der Waals surface area contributed by atoms with Crippen LogP contribution in [0.15, 0.2) is 18.2 Å². The van der Waals surface area contributed by atoms with Crippen molar-refractivity contribution in [3.05, 3.63) is 29.3 Å². The van der Waals surface area contributed by atoms with Crippen molar-refractivity contribution in [2.75, 3.05) is 16.6 Å². The molecule has 0 fully saturated rings. The lowest BCUT2D eigenvalue weighted by molar-refractivity contribution is 0.593. The van der Waals surface area contributed by atoms with E-state index in [0.717, 1.165) is 23.2 Å². The molecule has 0 saturated heterocycles. The van der Waals surface area contributed by atoms with Crippen LogP contribution in [0.5, 0.6) is 0 Å². The third-order valence-electron chi connectivity index (χ3n) is 2.79. The summed E-state index contributed by atoms with van der Waals surface area (Å²) < 4.78 is 25.1. The minimum atomic E-state index is -3.09. The summed E-state index contributed by atoms with van der Waals surface area (Å²) in [4.78, 5) is 0. The minimum Gasteiger partial charge on any atom is -0.270 e. The fourth-order valence-corrected chi connectivity index (χ4v) is 3.06. The van der Waals surface area contributed by atoms with Gasteiger partial charge in [0.05, 0.1) is 11.4 Å². The molecule has 1 aromatic rings. The van der Waals surface area contributed by atoms with E-state index in [1.165, 1.54) is 4.31 Å². The van der Waals surface area contributed by atoms with Crippen molar-refractivity contribution in [1.29, 1.82) is 0 Å².